The molecule has 1 atom stereocenters. The molecule has 0 bridgehead atoms. The van der Waals surface area contributed by atoms with Crippen LogP contribution in [0.15, 0.2) is 22.7 Å². The first-order chi connectivity index (χ1) is 14.5. The number of rotatable bonds is 7. The van der Waals surface area contributed by atoms with Crippen LogP contribution in [-0.4, -0.2) is 39.1 Å². The second-order valence-corrected chi connectivity index (χ2v) is 8.25. The minimum absolute atomic E-state index is 0.0474. The summed E-state index contributed by atoms with van der Waals surface area (Å²) in [5.41, 5.74) is 11.4. The molecule has 0 aliphatic heterocycles. The van der Waals surface area contributed by atoms with Crippen LogP contribution in [0.2, 0.25) is 0 Å². The van der Waals surface area contributed by atoms with Crippen LogP contribution in [0, 0.1) is 13.8 Å². The smallest absolute Gasteiger partial charge is 0.141 e. The van der Waals surface area contributed by atoms with Gasteiger partial charge in [-0.05, 0) is 70.6 Å². The Morgan fingerprint density at radius 3 is 2.67 bits per heavy atom. The summed E-state index contributed by atoms with van der Waals surface area (Å²) in [4.78, 5) is 4.94. The summed E-state index contributed by atoms with van der Waals surface area (Å²) in [6, 6.07) is 6.39. The van der Waals surface area contributed by atoms with E-state index in [1.165, 1.54) is 0 Å². The Morgan fingerprint density at radius 1 is 1.27 bits per heavy atom. The molecule has 2 heterocycles. The molecule has 1 aliphatic rings. The molecular formula is C23H32N4O3. The second kappa shape index (κ2) is 8.88. The molecule has 1 aromatic carbocycles. The monoisotopic (exact) mass is 412 g/mol. The molecular weight excluding hydrogens is 380 g/mol. The summed E-state index contributed by atoms with van der Waals surface area (Å²) in [7, 11) is 0. The third kappa shape index (κ3) is 3.89. The number of fused-ring (bicyclic) bond motifs is 1. The number of imidazole rings is 1. The number of benzene rings is 1. The first-order valence-corrected chi connectivity index (χ1v) is 11.0. The lowest BCUT2D eigenvalue weighted by Gasteiger charge is -2.31. The zero-order valence-electron chi connectivity index (χ0n) is 18.1. The molecule has 1 aliphatic carbocycles. The number of ether oxygens (including phenoxy) is 1. The lowest BCUT2D eigenvalue weighted by molar-refractivity contribution is 0.0271. The fourth-order valence-corrected chi connectivity index (χ4v) is 4.79. The van der Waals surface area contributed by atoms with Gasteiger partial charge in [0.05, 0.1) is 28.9 Å². The van der Waals surface area contributed by atoms with Crippen molar-refractivity contribution in [2.45, 2.75) is 71.1 Å². The molecule has 2 aromatic heterocycles. The van der Waals surface area contributed by atoms with Gasteiger partial charge in [-0.25, -0.2) is 4.98 Å². The van der Waals surface area contributed by atoms with E-state index in [1.54, 1.807) is 0 Å². The van der Waals surface area contributed by atoms with Gasteiger partial charge in [0.2, 0.25) is 0 Å². The topological polar surface area (TPSA) is 99.3 Å². The van der Waals surface area contributed by atoms with Gasteiger partial charge >= 0.3 is 0 Å². The Bertz CT molecular complexity index is 982. The van der Waals surface area contributed by atoms with Crippen molar-refractivity contribution in [1.82, 2.24) is 14.7 Å². The van der Waals surface area contributed by atoms with E-state index in [4.69, 9.17) is 20.0 Å². The van der Waals surface area contributed by atoms with Crippen molar-refractivity contribution in [2.75, 3.05) is 13.2 Å². The molecule has 1 fully saturated rings. The second-order valence-electron chi connectivity index (χ2n) is 8.25. The van der Waals surface area contributed by atoms with E-state index < -0.39 is 0 Å². The predicted octanol–water partition coefficient (Wildman–Crippen LogP) is 4.21. The highest BCUT2D eigenvalue weighted by Gasteiger charge is 2.28. The van der Waals surface area contributed by atoms with E-state index in [2.05, 4.69) is 34.8 Å². The molecule has 3 N–H and O–H groups in total. The van der Waals surface area contributed by atoms with Crippen molar-refractivity contribution in [3.05, 3.63) is 35.5 Å². The Kier molecular flexibility index (Phi) is 6.22. The molecule has 0 radical (unpaired) electrons. The van der Waals surface area contributed by atoms with Crippen molar-refractivity contribution < 1.29 is 14.4 Å². The fraction of sp³-hybridized carbons (Fsp3) is 0.565. The third-order valence-corrected chi connectivity index (χ3v) is 6.22. The molecule has 30 heavy (non-hydrogen) atoms. The number of nitrogens with two attached hydrogens (primary N) is 1. The van der Waals surface area contributed by atoms with Crippen molar-refractivity contribution in [3.63, 3.8) is 0 Å². The van der Waals surface area contributed by atoms with Gasteiger partial charge in [0.25, 0.3) is 0 Å². The number of hydrogen-bond acceptors (Lipinski definition) is 6. The van der Waals surface area contributed by atoms with Gasteiger partial charge < -0.3 is 24.7 Å². The summed E-state index contributed by atoms with van der Waals surface area (Å²) in [6.45, 7) is 6.75. The van der Waals surface area contributed by atoms with Crippen LogP contribution in [-0.2, 0) is 4.74 Å². The number of aliphatic hydroxyl groups is 1. The highest BCUT2D eigenvalue weighted by Crippen LogP contribution is 2.37. The fourth-order valence-electron chi connectivity index (χ4n) is 4.79. The summed E-state index contributed by atoms with van der Waals surface area (Å²) in [6.07, 6.45) is 5.02. The first kappa shape index (κ1) is 21.0. The lowest BCUT2D eigenvalue weighted by Crippen LogP contribution is -2.26. The van der Waals surface area contributed by atoms with Gasteiger partial charge in [-0.2, -0.15) is 0 Å². The zero-order chi connectivity index (χ0) is 21.3. The highest BCUT2D eigenvalue weighted by molar-refractivity contribution is 5.83. The van der Waals surface area contributed by atoms with Gasteiger partial charge in [0.15, 0.2) is 0 Å². The minimum atomic E-state index is -0.297. The Labute approximate surface area is 177 Å². The van der Waals surface area contributed by atoms with Crippen molar-refractivity contribution in [2.24, 2.45) is 5.73 Å². The van der Waals surface area contributed by atoms with Gasteiger partial charge in [-0.15, -0.1) is 0 Å². The normalized spacial score (nSPS) is 20.7. The summed E-state index contributed by atoms with van der Waals surface area (Å²) >= 11 is 0. The average Bonchev–Trinajstić information content (AvgIpc) is 3.28. The van der Waals surface area contributed by atoms with E-state index >= 15 is 0 Å². The molecule has 162 valence electrons. The van der Waals surface area contributed by atoms with E-state index in [1.807, 2.05) is 13.8 Å². The molecule has 4 rings (SSSR count). The largest absolute Gasteiger partial charge is 0.396 e. The van der Waals surface area contributed by atoms with Gasteiger partial charge in [0.1, 0.15) is 11.6 Å². The number of aromatic nitrogens is 3. The molecule has 0 unspecified atom stereocenters. The molecule has 7 heteroatoms. The Morgan fingerprint density at radius 2 is 2.03 bits per heavy atom. The van der Waals surface area contributed by atoms with E-state index in [9.17, 15) is 5.11 Å². The molecule has 0 spiro atoms. The number of nitrogens with zero attached hydrogens (tertiary/aromatic N) is 3. The SMILES string of the molecule is CCO[C@H]1CC[C@H](n2c([C@H](N)CCO)nc3cc(-c4c(C)noc4C)ccc32)CC1. The standard InChI is InChI=1S/C23H32N4O3/c1-4-29-18-8-6-17(7-9-18)27-21-10-5-16(22-14(2)26-30-15(22)3)13-20(21)25-23(27)19(24)11-12-28/h5,10,13,17-19,28H,4,6-9,11-12,24H2,1-3H3/t17-,18-,19-/m1/s1. The van der Waals surface area contributed by atoms with E-state index in [-0.39, 0.29) is 12.6 Å². The van der Waals surface area contributed by atoms with Crippen LogP contribution >= 0.6 is 0 Å². The average molecular weight is 413 g/mol. The Balaban J connectivity index is 1.75. The maximum atomic E-state index is 9.45. The van der Waals surface area contributed by atoms with Gasteiger partial charge in [-0.1, -0.05) is 11.2 Å². The van der Waals surface area contributed by atoms with Crippen LogP contribution in [0.3, 0.4) is 0 Å². The van der Waals surface area contributed by atoms with E-state index in [0.29, 0.717) is 18.6 Å². The van der Waals surface area contributed by atoms with Crippen LogP contribution in [0.4, 0.5) is 0 Å². The third-order valence-electron chi connectivity index (χ3n) is 6.22. The molecule has 7 nitrogen and oxygen atoms in total. The molecule has 3 aromatic rings. The zero-order valence-corrected chi connectivity index (χ0v) is 18.1. The maximum Gasteiger partial charge on any atom is 0.141 e. The van der Waals surface area contributed by atoms with Crippen LogP contribution in [0.5, 0.6) is 0 Å². The van der Waals surface area contributed by atoms with Crippen molar-refractivity contribution in [1.29, 1.82) is 0 Å². The molecule has 0 amide bonds. The predicted molar refractivity (Wildman–Crippen MR) is 116 cm³/mol. The summed E-state index contributed by atoms with van der Waals surface area (Å²) in [5, 5.41) is 13.5. The molecule has 0 saturated heterocycles. The van der Waals surface area contributed by atoms with E-state index in [0.717, 1.165) is 71.7 Å². The highest BCUT2D eigenvalue weighted by atomic mass is 16.5. The van der Waals surface area contributed by atoms with Gasteiger partial charge in [0, 0.05) is 24.8 Å². The number of hydrogen-bond donors (Lipinski definition) is 2. The lowest BCUT2D eigenvalue weighted by atomic mass is 9.92. The molecule has 1 saturated carbocycles. The summed E-state index contributed by atoms with van der Waals surface area (Å²) in [5.74, 6) is 1.66. The Hall–Kier alpha value is -2.22. The van der Waals surface area contributed by atoms with Crippen LogP contribution in [0.25, 0.3) is 22.2 Å². The maximum absolute atomic E-state index is 9.45. The number of aliphatic hydroxyl groups excluding tert-OH is 1. The summed E-state index contributed by atoms with van der Waals surface area (Å²) < 4.78 is 13.5. The quantitative estimate of drug-likeness (QED) is 0.603. The van der Waals surface area contributed by atoms with Gasteiger partial charge in [-0.3, -0.25) is 0 Å². The minimum Gasteiger partial charge on any atom is -0.396 e. The van der Waals surface area contributed by atoms with Crippen LogP contribution < -0.4 is 5.73 Å². The van der Waals surface area contributed by atoms with Crippen LogP contribution in [0.1, 0.15) is 68.4 Å². The van der Waals surface area contributed by atoms with Crippen molar-refractivity contribution >= 4 is 11.0 Å². The number of aryl methyl sites for hydroxylation is 2. The first-order valence-electron chi connectivity index (χ1n) is 11.0. The van der Waals surface area contributed by atoms with Crippen molar-refractivity contribution in [3.8, 4) is 11.1 Å².